The van der Waals surface area contributed by atoms with E-state index < -0.39 is 17.7 Å². The van der Waals surface area contributed by atoms with Gasteiger partial charge in [-0.2, -0.15) is 0 Å². The third kappa shape index (κ3) is 4.91. The van der Waals surface area contributed by atoms with E-state index in [4.69, 9.17) is 0 Å². The van der Waals surface area contributed by atoms with Gasteiger partial charge in [0.25, 0.3) is 0 Å². The second kappa shape index (κ2) is 5.66. The van der Waals surface area contributed by atoms with Gasteiger partial charge >= 0.3 is 0 Å². The van der Waals surface area contributed by atoms with Crippen LogP contribution in [0, 0.1) is 0 Å². The van der Waals surface area contributed by atoms with Gasteiger partial charge in [0.2, 0.25) is 0 Å². The molecule has 0 radical (unpaired) electrons. The predicted octanol–water partition coefficient (Wildman–Crippen LogP) is -0.179. The maximum Gasteiger partial charge on any atom is 0.0639 e. The zero-order valence-electron chi connectivity index (χ0n) is 9.56. The Morgan fingerprint density at radius 2 is 1.43 bits per heavy atom. The van der Waals surface area contributed by atoms with Gasteiger partial charge in [-0.05, 0) is 27.7 Å². The van der Waals surface area contributed by atoms with Crippen LogP contribution >= 0.6 is 0 Å². The summed E-state index contributed by atoms with van der Waals surface area (Å²) in [6.45, 7) is 8.09. The Hall–Kier alpha value is -0.160. The van der Waals surface area contributed by atoms with Crippen LogP contribution in [0.5, 0.6) is 0 Å². The minimum absolute atomic E-state index is 0.00639. The monoisotopic (exact) mass is 205 g/mol. The highest BCUT2D eigenvalue weighted by atomic mass is 16.3. The van der Waals surface area contributed by atoms with Crippen LogP contribution in [-0.2, 0) is 0 Å². The molecule has 0 heterocycles. The maximum absolute atomic E-state index is 9.29. The topological polar surface area (TPSA) is 63.9 Å². The molecule has 4 nitrogen and oxygen atoms in total. The molecule has 1 unspecified atom stereocenters. The summed E-state index contributed by atoms with van der Waals surface area (Å²) >= 11 is 0. The predicted molar refractivity (Wildman–Crippen MR) is 56.1 cm³/mol. The van der Waals surface area contributed by atoms with Crippen LogP contribution in [0.3, 0.4) is 0 Å². The van der Waals surface area contributed by atoms with Gasteiger partial charge in [0.15, 0.2) is 0 Å². The van der Waals surface area contributed by atoms with Crippen LogP contribution in [-0.4, -0.2) is 57.7 Å². The largest absolute Gasteiger partial charge is 0.394 e. The maximum atomic E-state index is 9.29. The molecule has 0 aliphatic heterocycles. The molecule has 0 spiro atoms. The molecule has 4 heteroatoms. The number of nitrogens with zero attached hydrogens (tertiary/aromatic N) is 1. The highest BCUT2D eigenvalue weighted by Gasteiger charge is 2.27. The summed E-state index contributed by atoms with van der Waals surface area (Å²) in [4.78, 5) is 1.89. The molecule has 0 bridgehead atoms. The fourth-order valence-electron chi connectivity index (χ4n) is 1.31. The molecular formula is C10H23NO3. The van der Waals surface area contributed by atoms with Crippen molar-refractivity contribution in [3.05, 3.63) is 0 Å². The van der Waals surface area contributed by atoms with Crippen LogP contribution < -0.4 is 0 Å². The third-order valence-electron chi connectivity index (χ3n) is 2.21. The van der Waals surface area contributed by atoms with Crippen molar-refractivity contribution in [1.82, 2.24) is 4.90 Å². The average molecular weight is 205 g/mol. The number of rotatable bonds is 6. The van der Waals surface area contributed by atoms with Crippen molar-refractivity contribution in [1.29, 1.82) is 0 Å². The molecule has 86 valence electrons. The zero-order chi connectivity index (χ0) is 11.4. The lowest BCUT2D eigenvalue weighted by atomic mass is 10.0. The summed E-state index contributed by atoms with van der Waals surface area (Å²) in [5, 5.41) is 27.8. The van der Waals surface area contributed by atoms with Crippen molar-refractivity contribution < 1.29 is 15.3 Å². The minimum Gasteiger partial charge on any atom is -0.394 e. The fraction of sp³-hybridized carbons (Fsp3) is 1.00. The summed E-state index contributed by atoms with van der Waals surface area (Å²) in [5.41, 5.74) is -0.409. The van der Waals surface area contributed by atoms with Gasteiger partial charge in [-0.3, -0.25) is 4.90 Å². The summed E-state index contributed by atoms with van der Waals surface area (Å²) < 4.78 is 0. The van der Waals surface area contributed by atoms with E-state index in [1.165, 1.54) is 0 Å². The van der Waals surface area contributed by atoms with Gasteiger partial charge < -0.3 is 15.3 Å². The Balaban J connectivity index is 4.38. The van der Waals surface area contributed by atoms with Crippen molar-refractivity contribution in [3.63, 3.8) is 0 Å². The fourth-order valence-corrected chi connectivity index (χ4v) is 1.31. The lowest BCUT2D eigenvalue weighted by Gasteiger charge is -2.38. The summed E-state index contributed by atoms with van der Waals surface area (Å²) in [6, 6.07) is 0. The molecule has 0 aromatic carbocycles. The van der Waals surface area contributed by atoms with E-state index in [-0.39, 0.29) is 6.61 Å². The van der Waals surface area contributed by atoms with Crippen LogP contribution in [0.1, 0.15) is 27.7 Å². The highest BCUT2D eigenvalue weighted by molar-refractivity contribution is 4.82. The van der Waals surface area contributed by atoms with Crippen molar-refractivity contribution >= 4 is 0 Å². The number of hydrogen-bond donors (Lipinski definition) is 3. The number of hydrogen-bond acceptors (Lipinski definition) is 4. The molecule has 0 aromatic heterocycles. The van der Waals surface area contributed by atoms with Gasteiger partial charge in [0.1, 0.15) is 0 Å². The lowest BCUT2D eigenvalue weighted by Crippen LogP contribution is -2.51. The first-order valence-corrected chi connectivity index (χ1v) is 5.01. The molecule has 0 saturated carbocycles. The quantitative estimate of drug-likeness (QED) is 0.563. The molecule has 0 aliphatic rings. The average Bonchev–Trinajstić information content (AvgIpc) is 2.01. The Kier molecular flexibility index (Phi) is 5.59. The number of aliphatic hydroxyl groups excluding tert-OH is 3. The van der Waals surface area contributed by atoms with E-state index in [9.17, 15) is 15.3 Å². The van der Waals surface area contributed by atoms with Crippen molar-refractivity contribution in [2.24, 2.45) is 0 Å². The second-order valence-electron chi connectivity index (χ2n) is 4.57. The Labute approximate surface area is 86.2 Å². The molecule has 0 fully saturated rings. The molecular weight excluding hydrogens is 182 g/mol. The van der Waals surface area contributed by atoms with Crippen LogP contribution in [0.4, 0.5) is 0 Å². The van der Waals surface area contributed by atoms with Crippen LogP contribution in [0.2, 0.25) is 0 Å². The van der Waals surface area contributed by atoms with Gasteiger partial charge in [0.05, 0.1) is 18.8 Å². The van der Waals surface area contributed by atoms with E-state index in [1.54, 1.807) is 13.8 Å². The molecule has 14 heavy (non-hydrogen) atoms. The SMILES string of the molecule is CC(O)CN(C[C@@H](C)O)C(C)(C)CO. The number of β-amino-alcohol motifs (C(OH)–C–C–N with tert-alkyl or cyclic N) is 2. The molecule has 0 saturated heterocycles. The molecule has 0 aromatic rings. The third-order valence-corrected chi connectivity index (χ3v) is 2.21. The normalized spacial score (nSPS) is 17.1. The molecule has 3 N–H and O–H groups in total. The first kappa shape index (κ1) is 13.8. The van der Waals surface area contributed by atoms with Crippen LogP contribution in [0.15, 0.2) is 0 Å². The second-order valence-corrected chi connectivity index (χ2v) is 4.57. The molecule has 2 atom stereocenters. The molecule has 0 aliphatic carbocycles. The molecule has 0 rings (SSSR count). The minimum atomic E-state index is -0.459. The van der Waals surface area contributed by atoms with Crippen molar-refractivity contribution in [3.8, 4) is 0 Å². The first-order chi connectivity index (χ1) is 6.29. The number of aliphatic hydroxyl groups is 3. The van der Waals surface area contributed by atoms with E-state index in [1.807, 2.05) is 18.7 Å². The zero-order valence-corrected chi connectivity index (χ0v) is 9.56. The highest BCUT2D eigenvalue weighted by Crippen LogP contribution is 2.14. The smallest absolute Gasteiger partial charge is 0.0639 e. The van der Waals surface area contributed by atoms with E-state index in [2.05, 4.69) is 0 Å². The van der Waals surface area contributed by atoms with Crippen molar-refractivity contribution in [2.75, 3.05) is 19.7 Å². The molecule has 0 amide bonds. The van der Waals surface area contributed by atoms with Gasteiger partial charge in [-0.15, -0.1) is 0 Å². The van der Waals surface area contributed by atoms with Crippen LogP contribution in [0.25, 0.3) is 0 Å². The van der Waals surface area contributed by atoms with E-state index >= 15 is 0 Å². The van der Waals surface area contributed by atoms with Crippen molar-refractivity contribution in [2.45, 2.75) is 45.4 Å². The van der Waals surface area contributed by atoms with Gasteiger partial charge in [-0.1, -0.05) is 0 Å². The van der Waals surface area contributed by atoms with Gasteiger partial charge in [0, 0.05) is 18.6 Å². The standard InChI is InChI=1S/C10H23NO3/c1-8(13)5-11(6-9(2)14)10(3,4)7-12/h8-9,12-14H,5-7H2,1-4H3/t8-,9?/m1/s1. The Bertz CT molecular complexity index is 147. The first-order valence-electron chi connectivity index (χ1n) is 5.01. The van der Waals surface area contributed by atoms with Gasteiger partial charge in [-0.25, -0.2) is 0 Å². The summed E-state index contributed by atoms with van der Waals surface area (Å²) in [7, 11) is 0. The van der Waals surface area contributed by atoms with E-state index in [0.29, 0.717) is 13.1 Å². The summed E-state index contributed by atoms with van der Waals surface area (Å²) in [5.74, 6) is 0. The Morgan fingerprint density at radius 1 is 1.07 bits per heavy atom. The Morgan fingerprint density at radius 3 is 1.64 bits per heavy atom. The van der Waals surface area contributed by atoms with E-state index in [0.717, 1.165) is 0 Å². The summed E-state index contributed by atoms with van der Waals surface area (Å²) in [6.07, 6.45) is -0.917. The lowest BCUT2D eigenvalue weighted by molar-refractivity contribution is -0.00286.